The van der Waals surface area contributed by atoms with Crippen LogP contribution in [0.4, 0.5) is 17.5 Å². The number of ether oxygens (including phenoxy) is 2. The van der Waals surface area contributed by atoms with Gasteiger partial charge in [0.1, 0.15) is 0 Å². The first-order chi connectivity index (χ1) is 10.7. The maximum absolute atomic E-state index is 11.5. The Hall–Kier alpha value is -2.74. The van der Waals surface area contributed by atoms with Crippen molar-refractivity contribution in [1.29, 1.82) is 0 Å². The maximum Gasteiger partial charge on any atom is 0.337 e. The molecule has 1 aromatic heterocycles. The van der Waals surface area contributed by atoms with E-state index < -0.39 is 5.97 Å². The zero-order valence-corrected chi connectivity index (χ0v) is 12.4. The summed E-state index contributed by atoms with van der Waals surface area (Å²) in [6, 6.07) is 6.85. The summed E-state index contributed by atoms with van der Waals surface area (Å²) in [6.45, 7) is 1.18. The van der Waals surface area contributed by atoms with E-state index >= 15 is 0 Å². The normalized spacial score (nSPS) is 10.1. The van der Waals surface area contributed by atoms with Crippen molar-refractivity contribution in [2.75, 3.05) is 38.0 Å². The van der Waals surface area contributed by atoms with Crippen LogP contribution < -0.4 is 10.6 Å². The Labute approximate surface area is 127 Å². The summed E-state index contributed by atoms with van der Waals surface area (Å²) in [5.41, 5.74) is 1.11. The second-order valence-corrected chi connectivity index (χ2v) is 4.28. The highest BCUT2D eigenvalue weighted by Gasteiger charge is 2.07. The molecule has 0 radical (unpaired) electrons. The number of anilines is 3. The first kappa shape index (κ1) is 15.6. The number of methoxy groups -OCH3 is 2. The highest BCUT2D eigenvalue weighted by Crippen LogP contribution is 2.15. The second kappa shape index (κ2) is 7.89. The summed E-state index contributed by atoms with van der Waals surface area (Å²) >= 11 is 0. The van der Waals surface area contributed by atoms with Gasteiger partial charge in [0.25, 0.3) is 0 Å². The lowest BCUT2D eigenvalue weighted by Gasteiger charge is -2.08. The number of carbonyl (C=O) groups excluding carboxylic acids is 1. The summed E-state index contributed by atoms with van der Waals surface area (Å²) < 4.78 is 9.63. The molecule has 8 heteroatoms. The first-order valence-electron chi connectivity index (χ1n) is 6.61. The van der Waals surface area contributed by atoms with Gasteiger partial charge in [-0.3, -0.25) is 0 Å². The molecular formula is C14H17N5O3. The molecule has 2 N–H and O–H groups in total. The Kier molecular flexibility index (Phi) is 5.61. The van der Waals surface area contributed by atoms with Crippen LogP contribution in [-0.4, -0.2) is 48.5 Å². The minimum Gasteiger partial charge on any atom is -0.465 e. The average Bonchev–Trinajstić information content (AvgIpc) is 2.55. The molecule has 0 atom stereocenters. The van der Waals surface area contributed by atoms with E-state index in [0.29, 0.717) is 36.2 Å². The van der Waals surface area contributed by atoms with E-state index in [0.717, 1.165) is 0 Å². The van der Waals surface area contributed by atoms with Crippen molar-refractivity contribution in [3.05, 3.63) is 36.0 Å². The molecule has 2 rings (SSSR count). The third-order valence-corrected chi connectivity index (χ3v) is 2.71. The largest absolute Gasteiger partial charge is 0.465 e. The van der Waals surface area contributed by atoms with Gasteiger partial charge in [0.2, 0.25) is 5.95 Å². The van der Waals surface area contributed by atoms with Crippen LogP contribution in [0.2, 0.25) is 0 Å². The van der Waals surface area contributed by atoms with Gasteiger partial charge in [-0.15, -0.1) is 5.10 Å². The van der Waals surface area contributed by atoms with Gasteiger partial charge in [-0.2, -0.15) is 10.1 Å². The lowest BCUT2D eigenvalue weighted by molar-refractivity contribution is 0.0601. The quantitative estimate of drug-likeness (QED) is 0.586. The fourth-order valence-corrected chi connectivity index (χ4v) is 1.69. The van der Waals surface area contributed by atoms with Gasteiger partial charge < -0.3 is 20.1 Å². The molecule has 1 heterocycles. The molecule has 0 spiro atoms. The van der Waals surface area contributed by atoms with E-state index in [1.54, 1.807) is 31.4 Å². The Morgan fingerprint density at radius 3 is 2.95 bits per heavy atom. The molecule has 0 saturated carbocycles. The first-order valence-corrected chi connectivity index (χ1v) is 6.61. The van der Waals surface area contributed by atoms with Crippen LogP contribution in [0.3, 0.4) is 0 Å². The van der Waals surface area contributed by atoms with E-state index in [9.17, 15) is 4.79 Å². The molecule has 116 valence electrons. The van der Waals surface area contributed by atoms with Crippen molar-refractivity contribution < 1.29 is 14.3 Å². The number of nitrogens with one attached hydrogen (secondary N) is 2. The number of carbonyl (C=O) groups is 1. The molecule has 22 heavy (non-hydrogen) atoms. The van der Waals surface area contributed by atoms with E-state index in [4.69, 9.17) is 4.74 Å². The number of esters is 1. The lowest BCUT2D eigenvalue weighted by atomic mass is 10.2. The number of benzene rings is 1. The summed E-state index contributed by atoms with van der Waals surface area (Å²) in [5.74, 6) is 0.501. The smallest absolute Gasteiger partial charge is 0.337 e. The number of aromatic nitrogens is 3. The van der Waals surface area contributed by atoms with Crippen LogP contribution in [0.5, 0.6) is 0 Å². The Bertz CT molecular complexity index is 635. The second-order valence-electron chi connectivity index (χ2n) is 4.28. The molecule has 0 aliphatic heterocycles. The zero-order valence-electron chi connectivity index (χ0n) is 12.4. The molecule has 8 nitrogen and oxygen atoms in total. The number of hydrogen-bond donors (Lipinski definition) is 2. The van der Waals surface area contributed by atoms with Crippen LogP contribution in [0.15, 0.2) is 30.5 Å². The average molecular weight is 303 g/mol. The maximum atomic E-state index is 11.5. The van der Waals surface area contributed by atoms with Crippen LogP contribution in [0, 0.1) is 0 Å². The number of rotatable bonds is 7. The molecule has 0 fully saturated rings. The van der Waals surface area contributed by atoms with Crippen molar-refractivity contribution in [3.8, 4) is 0 Å². The minimum absolute atomic E-state index is 0.324. The van der Waals surface area contributed by atoms with E-state index in [-0.39, 0.29) is 0 Å². The standard InChI is InChI=1S/C14H17N5O3/c1-21-7-6-15-12-9-16-19-14(18-12)17-11-5-3-4-10(8-11)13(20)22-2/h3-5,8-9H,6-7H2,1-2H3,(H2,15,17,18,19). The minimum atomic E-state index is -0.405. The van der Waals surface area contributed by atoms with Gasteiger partial charge in [0.15, 0.2) is 5.82 Å². The lowest BCUT2D eigenvalue weighted by Crippen LogP contribution is -2.10. The van der Waals surface area contributed by atoms with Gasteiger partial charge in [-0.1, -0.05) is 6.07 Å². The molecule has 0 amide bonds. The predicted octanol–water partition coefficient (Wildman–Crippen LogP) is 1.46. The van der Waals surface area contributed by atoms with E-state index in [2.05, 4.69) is 30.6 Å². The third-order valence-electron chi connectivity index (χ3n) is 2.71. The summed E-state index contributed by atoms with van der Waals surface area (Å²) in [5, 5.41) is 13.8. The fourth-order valence-electron chi connectivity index (χ4n) is 1.69. The van der Waals surface area contributed by atoms with Crippen LogP contribution in [0.1, 0.15) is 10.4 Å². The molecule has 0 bridgehead atoms. The molecule has 0 unspecified atom stereocenters. The highest BCUT2D eigenvalue weighted by atomic mass is 16.5. The molecule has 0 saturated heterocycles. The molecule has 0 aliphatic rings. The topological polar surface area (TPSA) is 98.3 Å². The highest BCUT2D eigenvalue weighted by molar-refractivity contribution is 5.90. The molecule has 0 aliphatic carbocycles. The molecule has 1 aromatic carbocycles. The Morgan fingerprint density at radius 2 is 2.18 bits per heavy atom. The third kappa shape index (κ3) is 4.38. The fraction of sp³-hybridized carbons (Fsp3) is 0.286. The van der Waals surface area contributed by atoms with E-state index in [1.807, 2.05) is 0 Å². The van der Waals surface area contributed by atoms with Gasteiger partial charge in [-0.05, 0) is 18.2 Å². The monoisotopic (exact) mass is 303 g/mol. The zero-order chi connectivity index (χ0) is 15.8. The SMILES string of the molecule is COCCNc1cnnc(Nc2cccc(C(=O)OC)c2)n1. The van der Waals surface area contributed by atoms with Crippen molar-refractivity contribution in [2.45, 2.75) is 0 Å². The van der Waals surface area contributed by atoms with Crippen LogP contribution >= 0.6 is 0 Å². The molecular weight excluding hydrogens is 286 g/mol. The van der Waals surface area contributed by atoms with Crippen molar-refractivity contribution >= 4 is 23.4 Å². The van der Waals surface area contributed by atoms with Crippen molar-refractivity contribution in [1.82, 2.24) is 15.2 Å². The Morgan fingerprint density at radius 1 is 1.32 bits per heavy atom. The predicted molar refractivity (Wildman–Crippen MR) is 81.3 cm³/mol. The van der Waals surface area contributed by atoms with Gasteiger partial charge in [0.05, 0.1) is 25.5 Å². The number of hydrogen-bond acceptors (Lipinski definition) is 8. The van der Waals surface area contributed by atoms with Gasteiger partial charge in [-0.25, -0.2) is 4.79 Å². The Balaban J connectivity index is 2.07. The summed E-state index contributed by atoms with van der Waals surface area (Å²) in [6.07, 6.45) is 1.52. The molecule has 2 aromatic rings. The van der Waals surface area contributed by atoms with Crippen LogP contribution in [-0.2, 0) is 9.47 Å². The van der Waals surface area contributed by atoms with Crippen molar-refractivity contribution in [3.63, 3.8) is 0 Å². The van der Waals surface area contributed by atoms with Crippen LogP contribution in [0.25, 0.3) is 0 Å². The summed E-state index contributed by atoms with van der Waals surface area (Å²) in [7, 11) is 2.96. The number of nitrogens with zero attached hydrogens (tertiary/aromatic N) is 3. The summed E-state index contributed by atoms with van der Waals surface area (Å²) in [4.78, 5) is 15.8. The van der Waals surface area contributed by atoms with Gasteiger partial charge >= 0.3 is 5.97 Å². The van der Waals surface area contributed by atoms with E-state index in [1.165, 1.54) is 13.3 Å². The van der Waals surface area contributed by atoms with Crippen molar-refractivity contribution in [2.24, 2.45) is 0 Å². The van der Waals surface area contributed by atoms with Gasteiger partial charge in [0, 0.05) is 19.3 Å².